The van der Waals surface area contributed by atoms with Crippen molar-refractivity contribution in [3.05, 3.63) is 64.4 Å². The second-order valence-electron chi connectivity index (χ2n) is 6.83. The number of nitrogens with one attached hydrogen (secondary N) is 1. The first-order valence-electron chi connectivity index (χ1n) is 8.87. The van der Waals surface area contributed by atoms with Gasteiger partial charge in [0.15, 0.2) is 5.82 Å². The second-order valence-corrected chi connectivity index (χ2v) is 9.15. The van der Waals surface area contributed by atoms with Crippen LogP contribution in [0.15, 0.2) is 47.6 Å². The minimum atomic E-state index is -3.81. The third-order valence-electron chi connectivity index (χ3n) is 4.66. The number of urea groups is 1. The van der Waals surface area contributed by atoms with Gasteiger partial charge in [0, 0.05) is 17.4 Å². The summed E-state index contributed by atoms with van der Waals surface area (Å²) in [6.45, 7) is 1.77. The number of hydrogen-bond acceptors (Lipinski definition) is 5. The van der Waals surface area contributed by atoms with Gasteiger partial charge in [0.05, 0.1) is 22.9 Å². The van der Waals surface area contributed by atoms with Crippen LogP contribution in [0.5, 0.6) is 0 Å². The molecule has 4 rings (SSSR count). The summed E-state index contributed by atoms with van der Waals surface area (Å²) in [7, 11) is -3.81. The van der Waals surface area contributed by atoms with Crippen LogP contribution in [-0.2, 0) is 16.4 Å². The fourth-order valence-electron chi connectivity index (χ4n) is 3.28. The minimum Gasteiger partial charge on any atom is -0.333 e. The van der Waals surface area contributed by atoms with Crippen LogP contribution < -0.4 is 10.2 Å². The molecule has 0 radical (unpaired) electrons. The van der Waals surface area contributed by atoms with Crippen LogP contribution in [0.1, 0.15) is 11.1 Å². The van der Waals surface area contributed by atoms with Gasteiger partial charge in [0.25, 0.3) is 0 Å². The van der Waals surface area contributed by atoms with E-state index in [9.17, 15) is 17.6 Å². The van der Waals surface area contributed by atoms with E-state index in [1.54, 1.807) is 31.2 Å². The Balaban J connectivity index is 2.06. The highest BCUT2D eigenvalue weighted by Crippen LogP contribution is 2.39. The van der Waals surface area contributed by atoms with Gasteiger partial charge in [-0.3, -0.25) is 0 Å². The smallest absolute Gasteiger partial charge is 0.328 e. The number of sulfone groups is 1. The molecule has 154 valence electrons. The standard InChI is InChI=1S/C20H16ClFN4O3S/c1-11-9-12(22)7-8-13(11)17-14-10-23-20(27)26(16-6-4-3-5-15(16)21)18(14)25-19(24-17)30(2,28)29/h3-9H,10H2,1-2H3,(H,23,27). The number of benzene rings is 2. The maximum atomic E-state index is 13.6. The molecule has 1 aliphatic heterocycles. The van der Waals surface area contributed by atoms with Gasteiger partial charge in [-0.2, -0.15) is 4.98 Å². The van der Waals surface area contributed by atoms with Crippen molar-refractivity contribution in [2.45, 2.75) is 18.6 Å². The van der Waals surface area contributed by atoms with Crippen molar-refractivity contribution in [2.24, 2.45) is 0 Å². The Labute approximate surface area is 177 Å². The molecule has 0 atom stereocenters. The van der Waals surface area contributed by atoms with Crippen LogP contribution in [0.3, 0.4) is 0 Å². The maximum Gasteiger partial charge on any atom is 0.328 e. The predicted molar refractivity (Wildman–Crippen MR) is 111 cm³/mol. The normalized spacial score (nSPS) is 13.7. The Kier molecular flexibility index (Phi) is 4.95. The molecule has 2 amide bonds. The largest absolute Gasteiger partial charge is 0.333 e. The third-order valence-corrected chi connectivity index (χ3v) is 5.83. The van der Waals surface area contributed by atoms with E-state index in [2.05, 4.69) is 15.3 Å². The summed E-state index contributed by atoms with van der Waals surface area (Å²) in [4.78, 5) is 22.4. The van der Waals surface area contributed by atoms with E-state index in [0.717, 1.165) is 6.26 Å². The zero-order chi connectivity index (χ0) is 21.6. The van der Waals surface area contributed by atoms with Crippen LogP contribution in [-0.4, -0.2) is 30.7 Å². The summed E-state index contributed by atoms with van der Waals surface area (Å²) < 4.78 is 38.2. The van der Waals surface area contributed by atoms with Crippen molar-refractivity contribution in [1.29, 1.82) is 0 Å². The second kappa shape index (κ2) is 7.33. The lowest BCUT2D eigenvalue weighted by Crippen LogP contribution is -2.42. The SMILES string of the molecule is Cc1cc(F)ccc1-c1nc(S(C)(=O)=O)nc2c1CNC(=O)N2c1ccccc1Cl. The molecule has 3 aromatic rings. The lowest BCUT2D eigenvalue weighted by atomic mass is 10.00. The van der Waals surface area contributed by atoms with E-state index < -0.39 is 26.8 Å². The summed E-state index contributed by atoms with van der Waals surface area (Å²) in [6.07, 6.45) is 0.985. The molecule has 0 saturated heterocycles. The van der Waals surface area contributed by atoms with Crippen molar-refractivity contribution < 1.29 is 17.6 Å². The van der Waals surface area contributed by atoms with E-state index in [4.69, 9.17) is 11.6 Å². The lowest BCUT2D eigenvalue weighted by Gasteiger charge is -2.31. The summed E-state index contributed by atoms with van der Waals surface area (Å²) in [5.74, 6) is -0.311. The number of aryl methyl sites for hydroxylation is 1. The van der Waals surface area contributed by atoms with Crippen LogP contribution in [0.4, 0.5) is 20.7 Å². The molecule has 1 aromatic heterocycles. The molecule has 0 aliphatic carbocycles. The molecule has 1 aliphatic rings. The van der Waals surface area contributed by atoms with Gasteiger partial charge in [-0.15, -0.1) is 0 Å². The predicted octanol–water partition coefficient (Wildman–Crippen LogP) is 4.01. The molecule has 30 heavy (non-hydrogen) atoms. The molecule has 2 heterocycles. The Hall–Kier alpha value is -3.04. The summed E-state index contributed by atoms with van der Waals surface area (Å²) in [5.41, 5.74) is 2.25. The quantitative estimate of drug-likeness (QED) is 0.614. The summed E-state index contributed by atoms with van der Waals surface area (Å²) in [6, 6.07) is 10.3. The number of aromatic nitrogens is 2. The molecule has 0 spiro atoms. The van der Waals surface area contributed by atoms with Crippen LogP contribution in [0, 0.1) is 12.7 Å². The molecular weight excluding hydrogens is 431 g/mol. The molecular formula is C20H16ClFN4O3S. The monoisotopic (exact) mass is 446 g/mol. The van der Waals surface area contributed by atoms with Gasteiger partial charge >= 0.3 is 6.03 Å². The van der Waals surface area contributed by atoms with Gasteiger partial charge in [0.2, 0.25) is 15.0 Å². The van der Waals surface area contributed by atoms with E-state index in [1.165, 1.54) is 23.1 Å². The molecule has 1 N–H and O–H groups in total. The summed E-state index contributed by atoms with van der Waals surface area (Å²) >= 11 is 6.29. The number of rotatable bonds is 3. The molecule has 10 heteroatoms. The van der Waals surface area contributed by atoms with Gasteiger partial charge in [0.1, 0.15) is 5.82 Å². The van der Waals surface area contributed by atoms with Gasteiger partial charge in [-0.1, -0.05) is 23.7 Å². The van der Waals surface area contributed by atoms with Crippen molar-refractivity contribution >= 4 is 39.0 Å². The molecule has 0 unspecified atom stereocenters. The van der Waals surface area contributed by atoms with Crippen molar-refractivity contribution in [3.8, 4) is 11.3 Å². The first-order chi connectivity index (χ1) is 14.2. The third kappa shape index (κ3) is 3.50. The summed E-state index contributed by atoms with van der Waals surface area (Å²) in [5, 5.41) is 2.59. The number of carbonyl (C=O) groups is 1. The minimum absolute atomic E-state index is 0.0747. The van der Waals surface area contributed by atoms with Crippen molar-refractivity contribution in [1.82, 2.24) is 15.3 Å². The molecule has 0 fully saturated rings. The number of amides is 2. The molecule has 7 nitrogen and oxygen atoms in total. The molecule has 0 bridgehead atoms. The number of nitrogens with zero attached hydrogens (tertiary/aromatic N) is 3. The number of hydrogen-bond donors (Lipinski definition) is 1. The van der Waals surface area contributed by atoms with Gasteiger partial charge in [-0.05, 0) is 42.8 Å². The van der Waals surface area contributed by atoms with Gasteiger partial charge < -0.3 is 5.32 Å². The average Bonchev–Trinajstić information content (AvgIpc) is 2.67. The highest BCUT2D eigenvalue weighted by Gasteiger charge is 2.33. The first-order valence-corrected chi connectivity index (χ1v) is 11.1. The van der Waals surface area contributed by atoms with E-state index in [1.807, 2.05) is 0 Å². The Morgan fingerprint density at radius 3 is 2.57 bits per heavy atom. The van der Waals surface area contributed by atoms with Crippen molar-refractivity contribution in [2.75, 3.05) is 11.2 Å². The van der Waals surface area contributed by atoms with Crippen LogP contribution in [0.25, 0.3) is 11.3 Å². The van der Waals surface area contributed by atoms with Crippen molar-refractivity contribution in [3.63, 3.8) is 0 Å². The number of fused-ring (bicyclic) bond motifs is 1. The first kappa shape index (κ1) is 20.2. The zero-order valence-corrected chi connectivity index (χ0v) is 17.6. The highest BCUT2D eigenvalue weighted by molar-refractivity contribution is 7.90. The van der Waals surface area contributed by atoms with E-state index in [-0.39, 0.29) is 12.4 Å². The van der Waals surface area contributed by atoms with E-state index >= 15 is 0 Å². The maximum absolute atomic E-state index is 13.6. The lowest BCUT2D eigenvalue weighted by molar-refractivity contribution is 0.246. The molecule has 0 saturated carbocycles. The zero-order valence-electron chi connectivity index (χ0n) is 16.0. The number of halogens is 2. The fourth-order valence-corrected chi connectivity index (χ4v) is 4.01. The Morgan fingerprint density at radius 2 is 1.90 bits per heavy atom. The van der Waals surface area contributed by atoms with Crippen LogP contribution >= 0.6 is 11.6 Å². The van der Waals surface area contributed by atoms with Gasteiger partial charge in [-0.25, -0.2) is 27.5 Å². The highest BCUT2D eigenvalue weighted by atomic mass is 35.5. The molecule has 2 aromatic carbocycles. The Bertz CT molecular complexity index is 1300. The number of carbonyl (C=O) groups excluding carboxylic acids is 1. The topological polar surface area (TPSA) is 92.3 Å². The number of para-hydroxylation sites is 1. The van der Waals surface area contributed by atoms with E-state index in [0.29, 0.717) is 33.1 Å². The van der Waals surface area contributed by atoms with Crippen LogP contribution in [0.2, 0.25) is 5.02 Å². The fraction of sp³-hybridized carbons (Fsp3) is 0.150. The average molecular weight is 447 g/mol. The Morgan fingerprint density at radius 1 is 1.17 bits per heavy atom. The number of anilines is 2.